The van der Waals surface area contributed by atoms with E-state index in [1.807, 2.05) is 0 Å². The molecule has 60 valence electrons. The fourth-order valence-corrected chi connectivity index (χ4v) is 1.00. The van der Waals surface area contributed by atoms with Gasteiger partial charge in [0.25, 0.3) is 0 Å². The molecule has 0 radical (unpaired) electrons. The second-order valence-electron chi connectivity index (χ2n) is 2.23. The van der Waals surface area contributed by atoms with Crippen LogP contribution in [0, 0.1) is 0 Å². The van der Waals surface area contributed by atoms with Gasteiger partial charge in [0.05, 0.1) is 5.52 Å². The fraction of sp³-hybridized carbons (Fsp3) is 0. The number of anilines is 1. The fourth-order valence-electron chi connectivity index (χ4n) is 1.00. The molecule has 2 rings (SSSR count). The lowest BCUT2D eigenvalue weighted by Gasteiger charge is -2.00. The zero-order valence-corrected chi connectivity index (χ0v) is 6.23. The van der Waals surface area contributed by atoms with Gasteiger partial charge in [0.1, 0.15) is 5.52 Å². The third kappa shape index (κ3) is 0.960. The smallest absolute Gasteiger partial charge is 0.168 e. The standard InChI is InChI=1S/C7H7N5/c8-12-7-6-5(1-2-11-7)9-3-4-10-6/h1-4H,8H2,(H,11,12). The second kappa shape index (κ2) is 2.71. The molecule has 0 bridgehead atoms. The number of rotatable bonds is 1. The molecule has 0 aromatic carbocycles. The lowest BCUT2D eigenvalue weighted by atomic mass is 10.3. The van der Waals surface area contributed by atoms with Gasteiger partial charge in [0.15, 0.2) is 5.82 Å². The van der Waals surface area contributed by atoms with Crippen LogP contribution in [0.25, 0.3) is 11.0 Å². The van der Waals surface area contributed by atoms with E-state index >= 15 is 0 Å². The third-order valence-corrected chi connectivity index (χ3v) is 1.52. The van der Waals surface area contributed by atoms with Crippen LogP contribution in [0.15, 0.2) is 24.7 Å². The van der Waals surface area contributed by atoms with Gasteiger partial charge >= 0.3 is 0 Å². The molecule has 2 aromatic rings. The number of fused-ring (bicyclic) bond motifs is 1. The van der Waals surface area contributed by atoms with Crippen LogP contribution in [0.4, 0.5) is 5.82 Å². The first kappa shape index (κ1) is 6.93. The van der Waals surface area contributed by atoms with Crippen LogP contribution in [0.1, 0.15) is 0 Å². The van der Waals surface area contributed by atoms with Crippen LogP contribution >= 0.6 is 0 Å². The number of pyridine rings is 1. The highest BCUT2D eigenvalue weighted by atomic mass is 15.3. The molecule has 0 saturated carbocycles. The molecule has 12 heavy (non-hydrogen) atoms. The Hall–Kier alpha value is -1.75. The summed E-state index contributed by atoms with van der Waals surface area (Å²) >= 11 is 0. The number of nitrogen functional groups attached to an aromatic ring is 1. The second-order valence-corrected chi connectivity index (χ2v) is 2.23. The summed E-state index contributed by atoms with van der Waals surface area (Å²) in [6.45, 7) is 0. The summed E-state index contributed by atoms with van der Waals surface area (Å²) in [4.78, 5) is 12.2. The Kier molecular flexibility index (Phi) is 1.56. The molecular formula is C7H7N5. The zero-order valence-electron chi connectivity index (χ0n) is 6.23. The Morgan fingerprint density at radius 2 is 1.92 bits per heavy atom. The molecular weight excluding hydrogens is 154 g/mol. The van der Waals surface area contributed by atoms with Gasteiger partial charge in [-0.25, -0.2) is 15.8 Å². The average Bonchev–Trinajstić information content (AvgIpc) is 2.17. The number of aromatic nitrogens is 3. The van der Waals surface area contributed by atoms with Crippen molar-refractivity contribution in [3.05, 3.63) is 24.7 Å². The zero-order chi connectivity index (χ0) is 8.39. The first-order valence-corrected chi connectivity index (χ1v) is 3.44. The van der Waals surface area contributed by atoms with E-state index in [4.69, 9.17) is 5.84 Å². The van der Waals surface area contributed by atoms with Gasteiger partial charge in [-0.05, 0) is 6.07 Å². The van der Waals surface area contributed by atoms with Crippen LogP contribution < -0.4 is 11.3 Å². The Morgan fingerprint density at radius 1 is 1.08 bits per heavy atom. The Bertz CT molecular complexity index is 394. The molecule has 0 amide bonds. The molecule has 0 aliphatic carbocycles. The molecule has 0 unspecified atom stereocenters. The normalized spacial score (nSPS) is 10.1. The van der Waals surface area contributed by atoms with Crippen molar-refractivity contribution in [3.63, 3.8) is 0 Å². The first-order chi connectivity index (χ1) is 5.92. The van der Waals surface area contributed by atoms with Gasteiger partial charge in [0.2, 0.25) is 0 Å². The summed E-state index contributed by atoms with van der Waals surface area (Å²) in [5.41, 5.74) is 3.92. The van der Waals surface area contributed by atoms with E-state index in [9.17, 15) is 0 Å². The minimum atomic E-state index is 0.542. The lowest BCUT2D eigenvalue weighted by Crippen LogP contribution is -2.09. The molecule has 0 atom stereocenters. The summed E-state index contributed by atoms with van der Waals surface area (Å²) in [7, 11) is 0. The third-order valence-electron chi connectivity index (χ3n) is 1.52. The van der Waals surface area contributed by atoms with E-state index in [-0.39, 0.29) is 0 Å². The van der Waals surface area contributed by atoms with Gasteiger partial charge in [0, 0.05) is 18.6 Å². The molecule has 5 heteroatoms. The Labute approximate surface area is 68.6 Å². The largest absolute Gasteiger partial charge is 0.307 e. The highest BCUT2D eigenvalue weighted by Gasteiger charge is 2.00. The topological polar surface area (TPSA) is 76.7 Å². The average molecular weight is 161 g/mol. The van der Waals surface area contributed by atoms with Crippen LogP contribution in [0.2, 0.25) is 0 Å². The molecule has 5 nitrogen and oxygen atoms in total. The van der Waals surface area contributed by atoms with Crippen LogP contribution in [0.3, 0.4) is 0 Å². The molecule has 2 heterocycles. The van der Waals surface area contributed by atoms with E-state index in [0.717, 1.165) is 5.52 Å². The summed E-state index contributed by atoms with van der Waals surface area (Å²) in [5.74, 6) is 5.78. The molecule has 0 fully saturated rings. The number of hydrogen-bond donors (Lipinski definition) is 2. The number of nitrogens with two attached hydrogens (primary N) is 1. The number of hydrogen-bond acceptors (Lipinski definition) is 5. The van der Waals surface area contributed by atoms with E-state index in [0.29, 0.717) is 11.3 Å². The summed E-state index contributed by atoms with van der Waals surface area (Å²) in [6, 6.07) is 1.78. The van der Waals surface area contributed by atoms with Gasteiger partial charge in [-0.15, -0.1) is 0 Å². The molecule has 0 spiro atoms. The predicted molar refractivity (Wildman–Crippen MR) is 45.1 cm³/mol. The number of nitrogens with one attached hydrogen (secondary N) is 1. The molecule has 3 N–H and O–H groups in total. The van der Waals surface area contributed by atoms with Crippen LogP contribution in [0.5, 0.6) is 0 Å². The van der Waals surface area contributed by atoms with Crippen molar-refractivity contribution in [2.24, 2.45) is 5.84 Å². The van der Waals surface area contributed by atoms with Crippen molar-refractivity contribution in [1.82, 2.24) is 15.0 Å². The summed E-state index contributed by atoms with van der Waals surface area (Å²) < 4.78 is 0. The van der Waals surface area contributed by atoms with Crippen molar-refractivity contribution in [1.29, 1.82) is 0 Å². The van der Waals surface area contributed by atoms with E-state index in [1.165, 1.54) is 0 Å². The van der Waals surface area contributed by atoms with E-state index in [2.05, 4.69) is 20.4 Å². The van der Waals surface area contributed by atoms with Crippen LogP contribution in [-0.2, 0) is 0 Å². The van der Waals surface area contributed by atoms with Crippen molar-refractivity contribution in [3.8, 4) is 0 Å². The lowest BCUT2D eigenvalue weighted by molar-refractivity contribution is 1.20. The molecule has 2 aromatic heterocycles. The van der Waals surface area contributed by atoms with Gasteiger partial charge < -0.3 is 5.43 Å². The maximum absolute atomic E-state index is 5.24. The van der Waals surface area contributed by atoms with E-state index < -0.39 is 0 Å². The molecule has 0 saturated heterocycles. The quantitative estimate of drug-likeness (QED) is 0.465. The first-order valence-electron chi connectivity index (χ1n) is 3.44. The van der Waals surface area contributed by atoms with Gasteiger partial charge in [-0.2, -0.15) is 0 Å². The predicted octanol–water partition coefficient (Wildman–Crippen LogP) is 0.310. The number of nitrogens with zero attached hydrogens (tertiary/aromatic N) is 3. The SMILES string of the molecule is NNc1nccc2nccnc12. The summed E-state index contributed by atoms with van der Waals surface area (Å²) in [6.07, 6.45) is 4.86. The van der Waals surface area contributed by atoms with Crippen molar-refractivity contribution >= 4 is 16.9 Å². The highest BCUT2D eigenvalue weighted by molar-refractivity contribution is 5.84. The monoisotopic (exact) mass is 161 g/mol. The van der Waals surface area contributed by atoms with Crippen molar-refractivity contribution < 1.29 is 0 Å². The maximum atomic E-state index is 5.24. The minimum absolute atomic E-state index is 0.542. The van der Waals surface area contributed by atoms with Crippen molar-refractivity contribution in [2.45, 2.75) is 0 Å². The van der Waals surface area contributed by atoms with Gasteiger partial charge in [-0.3, -0.25) is 4.98 Å². The van der Waals surface area contributed by atoms with Crippen molar-refractivity contribution in [2.75, 3.05) is 5.43 Å². The van der Waals surface area contributed by atoms with Crippen LogP contribution in [-0.4, -0.2) is 15.0 Å². The Balaban J connectivity index is 2.79. The maximum Gasteiger partial charge on any atom is 0.168 e. The Morgan fingerprint density at radius 3 is 2.75 bits per heavy atom. The minimum Gasteiger partial charge on any atom is -0.307 e. The molecule has 0 aliphatic rings. The van der Waals surface area contributed by atoms with E-state index in [1.54, 1.807) is 24.7 Å². The number of hydrazine groups is 1. The highest BCUT2D eigenvalue weighted by Crippen LogP contribution is 2.13. The van der Waals surface area contributed by atoms with Gasteiger partial charge in [-0.1, -0.05) is 0 Å². The summed E-state index contributed by atoms with van der Waals surface area (Å²) in [5, 5.41) is 0. The molecule has 0 aliphatic heterocycles.